The molecule has 0 spiro atoms. The summed E-state index contributed by atoms with van der Waals surface area (Å²) in [5.74, 6) is 0.174. The second-order valence-electron chi connectivity index (χ2n) is 5.60. The monoisotopic (exact) mass is 408 g/mol. The highest BCUT2D eigenvalue weighted by molar-refractivity contribution is 9.10. The first-order chi connectivity index (χ1) is 11.4. The van der Waals surface area contributed by atoms with Gasteiger partial charge in [0.15, 0.2) is 6.61 Å². The molecule has 2 heterocycles. The maximum absolute atomic E-state index is 13.0. The van der Waals surface area contributed by atoms with Gasteiger partial charge in [-0.25, -0.2) is 8.42 Å². The van der Waals surface area contributed by atoms with E-state index >= 15 is 0 Å². The lowest BCUT2D eigenvalue weighted by Gasteiger charge is -2.22. The average Bonchev–Trinajstić information content (AvgIpc) is 2.97. The summed E-state index contributed by atoms with van der Waals surface area (Å²) >= 11 is 3.40. The number of nitrogens with one attached hydrogen (secondary N) is 1. The van der Waals surface area contributed by atoms with Crippen LogP contribution < -0.4 is 14.4 Å². The molecule has 2 aromatic rings. The van der Waals surface area contributed by atoms with Gasteiger partial charge in [0.25, 0.3) is 15.9 Å². The number of hydrogen-bond acceptors (Lipinski definition) is 4. The minimum atomic E-state index is -3.70. The molecule has 6 nitrogen and oxygen atoms in total. The van der Waals surface area contributed by atoms with Crippen LogP contribution in [0, 0.1) is 0 Å². The predicted molar refractivity (Wildman–Crippen MR) is 92.9 cm³/mol. The van der Waals surface area contributed by atoms with E-state index in [0.29, 0.717) is 30.1 Å². The molecule has 0 unspecified atom stereocenters. The number of nitrogens with zero attached hydrogens (tertiary/aromatic N) is 1. The van der Waals surface area contributed by atoms with Crippen LogP contribution in [0.1, 0.15) is 5.56 Å². The Bertz CT molecular complexity index is 959. The number of carbonyl (C=O) groups is 1. The number of amides is 1. The largest absolute Gasteiger partial charge is 0.482 e. The number of sulfonamides is 1. The molecule has 2 aromatic carbocycles. The third-order valence-corrected chi connectivity index (χ3v) is 6.37. The van der Waals surface area contributed by atoms with Crippen LogP contribution in [0.4, 0.5) is 11.4 Å². The highest BCUT2D eigenvalue weighted by atomic mass is 79.9. The number of halogens is 1. The van der Waals surface area contributed by atoms with E-state index in [2.05, 4.69) is 21.2 Å². The Morgan fingerprint density at radius 2 is 2.00 bits per heavy atom. The van der Waals surface area contributed by atoms with Gasteiger partial charge in [-0.1, -0.05) is 15.9 Å². The van der Waals surface area contributed by atoms with Crippen LogP contribution in [0.15, 0.2) is 45.8 Å². The molecule has 0 saturated heterocycles. The fraction of sp³-hybridized carbons (Fsp3) is 0.188. The Morgan fingerprint density at radius 1 is 1.17 bits per heavy atom. The fourth-order valence-electron chi connectivity index (χ4n) is 2.94. The molecule has 1 amide bonds. The van der Waals surface area contributed by atoms with Gasteiger partial charge in [-0.05, 0) is 48.4 Å². The zero-order chi connectivity index (χ0) is 16.9. The van der Waals surface area contributed by atoms with E-state index in [4.69, 9.17) is 4.74 Å². The number of rotatable bonds is 2. The van der Waals surface area contributed by atoms with Crippen LogP contribution in [-0.4, -0.2) is 27.5 Å². The van der Waals surface area contributed by atoms with Crippen molar-refractivity contribution in [2.24, 2.45) is 0 Å². The van der Waals surface area contributed by atoms with Crippen molar-refractivity contribution >= 4 is 43.2 Å². The highest BCUT2D eigenvalue weighted by Gasteiger charge is 2.32. The molecule has 0 fully saturated rings. The molecule has 0 aromatic heterocycles. The standard InChI is InChI=1S/C16H13BrN2O4S/c17-11-1-3-14-10(7-11)5-6-19(14)24(21,22)12-2-4-15-13(8-12)18-16(20)9-23-15/h1-4,7-8H,5-6,9H2,(H,18,20). The first kappa shape index (κ1) is 15.5. The van der Waals surface area contributed by atoms with Crippen LogP contribution in [0.5, 0.6) is 5.75 Å². The molecule has 2 aliphatic heterocycles. The molecule has 0 saturated carbocycles. The molecule has 2 aliphatic rings. The quantitative estimate of drug-likeness (QED) is 0.827. The Hall–Kier alpha value is -2.06. The lowest BCUT2D eigenvalue weighted by molar-refractivity contribution is -0.118. The number of ether oxygens (including phenoxy) is 1. The maximum atomic E-state index is 13.0. The predicted octanol–water partition coefficient (Wildman–Crippen LogP) is 2.53. The van der Waals surface area contributed by atoms with Crippen LogP contribution in [0.2, 0.25) is 0 Å². The lowest BCUT2D eigenvalue weighted by Crippen LogP contribution is -2.30. The van der Waals surface area contributed by atoms with E-state index in [-0.39, 0.29) is 17.4 Å². The number of carbonyl (C=O) groups excluding carboxylic acids is 1. The lowest BCUT2D eigenvalue weighted by atomic mass is 10.2. The summed E-state index contributed by atoms with van der Waals surface area (Å²) in [7, 11) is -3.70. The van der Waals surface area contributed by atoms with Crippen LogP contribution in [0.3, 0.4) is 0 Å². The molecule has 0 aliphatic carbocycles. The summed E-state index contributed by atoms with van der Waals surface area (Å²) in [6.07, 6.45) is 0.665. The zero-order valence-electron chi connectivity index (χ0n) is 12.5. The number of hydrogen-bond donors (Lipinski definition) is 1. The van der Waals surface area contributed by atoms with E-state index in [9.17, 15) is 13.2 Å². The Morgan fingerprint density at radius 3 is 2.83 bits per heavy atom. The molecule has 1 N–H and O–H groups in total. The third kappa shape index (κ3) is 2.46. The molecule has 0 radical (unpaired) electrons. The van der Waals surface area contributed by atoms with Crippen molar-refractivity contribution in [2.45, 2.75) is 11.3 Å². The fourth-order valence-corrected chi connectivity index (χ4v) is 4.88. The normalized spacial score (nSPS) is 16.2. The Balaban J connectivity index is 1.75. The van der Waals surface area contributed by atoms with Crippen molar-refractivity contribution in [3.8, 4) is 5.75 Å². The highest BCUT2D eigenvalue weighted by Crippen LogP contribution is 2.37. The minimum Gasteiger partial charge on any atom is -0.482 e. The Labute approximate surface area is 147 Å². The topological polar surface area (TPSA) is 75.7 Å². The van der Waals surface area contributed by atoms with Crippen molar-refractivity contribution in [1.82, 2.24) is 0 Å². The molecular formula is C16H13BrN2O4S. The van der Waals surface area contributed by atoms with Crippen molar-refractivity contribution in [3.05, 3.63) is 46.4 Å². The molecule has 8 heteroatoms. The maximum Gasteiger partial charge on any atom is 0.264 e. The molecule has 0 atom stereocenters. The smallest absolute Gasteiger partial charge is 0.264 e. The van der Waals surface area contributed by atoms with Gasteiger partial charge in [-0.2, -0.15) is 0 Å². The second kappa shape index (κ2) is 5.49. The number of benzene rings is 2. The van der Waals surface area contributed by atoms with Crippen molar-refractivity contribution in [1.29, 1.82) is 0 Å². The molecule has 4 rings (SSSR count). The first-order valence-corrected chi connectivity index (χ1v) is 9.56. The average molecular weight is 409 g/mol. The van der Waals surface area contributed by atoms with E-state index in [1.807, 2.05) is 12.1 Å². The summed E-state index contributed by atoms with van der Waals surface area (Å²) in [5.41, 5.74) is 2.06. The van der Waals surface area contributed by atoms with Crippen LogP contribution in [0.25, 0.3) is 0 Å². The van der Waals surface area contributed by atoms with E-state index < -0.39 is 10.0 Å². The van der Waals surface area contributed by atoms with Gasteiger partial charge in [0.05, 0.1) is 16.3 Å². The summed E-state index contributed by atoms with van der Waals surface area (Å²) in [5, 5.41) is 2.64. The first-order valence-electron chi connectivity index (χ1n) is 7.33. The SMILES string of the molecule is O=C1COc2ccc(S(=O)(=O)N3CCc4cc(Br)ccc43)cc2N1. The van der Waals surface area contributed by atoms with Gasteiger partial charge in [0.2, 0.25) is 0 Å². The molecule has 124 valence electrons. The minimum absolute atomic E-state index is 0.0620. The molecular weight excluding hydrogens is 396 g/mol. The molecule has 24 heavy (non-hydrogen) atoms. The van der Waals surface area contributed by atoms with E-state index in [0.717, 1.165) is 10.0 Å². The van der Waals surface area contributed by atoms with Crippen molar-refractivity contribution < 1.29 is 17.9 Å². The van der Waals surface area contributed by atoms with Crippen LogP contribution in [-0.2, 0) is 21.2 Å². The van der Waals surface area contributed by atoms with Gasteiger partial charge in [-0.3, -0.25) is 9.10 Å². The number of anilines is 2. The third-order valence-electron chi connectivity index (χ3n) is 4.07. The summed E-state index contributed by atoms with van der Waals surface area (Å²) in [6, 6.07) is 10.1. The van der Waals surface area contributed by atoms with Gasteiger partial charge in [0, 0.05) is 11.0 Å². The Kier molecular flexibility index (Phi) is 3.54. The zero-order valence-corrected chi connectivity index (χ0v) is 14.9. The van der Waals surface area contributed by atoms with Crippen molar-refractivity contribution in [3.63, 3.8) is 0 Å². The summed E-state index contributed by atoms with van der Waals surface area (Å²) < 4.78 is 33.6. The van der Waals surface area contributed by atoms with Gasteiger partial charge in [-0.15, -0.1) is 0 Å². The van der Waals surface area contributed by atoms with Gasteiger partial charge >= 0.3 is 0 Å². The summed E-state index contributed by atoms with van der Waals surface area (Å²) in [6.45, 7) is 0.335. The second-order valence-corrected chi connectivity index (χ2v) is 8.37. The van der Waals surface area contributed by atoms with Gasteiger partial charge in [0.1, 0.15) is 5.75 Å². The number of fused-ring (bicyclic) bond motifs is 2. The van der Waals surface area contributed by atoms with Gasteiger partial charge < -0.3 is 10.1 Å². The van der Waals surface area contributed by atoms with E-state index in [1.54, 1.807) is 12.1 Å². The van der Waals surface area contributed by atoms with Crippen molar-refractivity contribution in [2.75, 3.05) is 22.8 Å². The van der Waals surface area contributed by atoms with E-state index in [1.165, 1.54) is 16.4 Å². The molecule has 0 bridgehead atoms. The van der Waals surface area contributed by atoms with Crippen LogP contribution >= 0.6 is 15.9 Å². The summed E-state index contributed by atoms with van der Waals surface area (Å²) in [4.78, 5) is 11.6.